The van der Waals surface area contributed by atoms with Crippen LogP contribution in [0, 0.1) is 11.6 Å². The third-order valence-corrected chi connectivity index (χ3v) is 6.52. The van der Waals surface area contributed by atoms with E-state index < -0.39 is 39.2 Å². The maximum Gasteiger partial charge on any atom is 0.474 e. The van der Waals surface area contributed by atoms with Crippen LogP contribution in [0.2, 0.25) is 5.28 Å². The summed E-state index contributed by atoms with van der Waals surface area (Å²) in [5.41, 5.74) is 6.35. The Morgan fingerprint density at radius 2 is 1.79 bits per heavy atom. The molecule has 0 saturated heterocycles. The zero-order valence-corrected chi connectivity index (χ0v) is 21.9. The first-order chi connectivity index (χ1) is 18.2. The number of ether oxygens (including phenoxy) is 2. The average molecular weight is 593 g/mol. The lowest BCUT2D eigenvalue weighted by molar-refractivity contribution is -0.169. The molecule has 0 aliphatic rings. The van der Waals surface area contributed by atoms with E-state index in [1.54, 1.807) is 0 Å². The molecule has 0 fully saturated rings. The molecule has 2 aromatic carbocycles. The van der Waals surface area contributed by atoms with E-state index in [1.807, 2.05) is 0 Å². The van der Waals surface area contributed by atoms with Gasteiger partial charge in [-0.25, -0.2) is 23.0 Å². The van der Waals surface area contributed by atoms with Crippen molar-refractivity contribution < 1.29 is 40.4 Å². The number of aromatic nitrogens is 2. The largest absolute Gasteiger partial charge is 0.494 e. The van der Waals surface area contributed by atoms with Crippen molar-refractivity contribution in [2.75, 3.05) is 25.2 Å². The Balaban J connectivity index is 1.57. The van der Waals surface area contributed by atoms with Crippen molar-refractivity contribution in [3.8, 4) is 22.8 Å². The number of unbranched alkanes of at least 4 members (excludes halogenated alkanes) is 1. The van der Waals surface area contributed by atoms with Crippen molar-refractivity contribution in [2.24, 2.45) is 4.36 Å². The number of nitrogen functional groups attached to an aromatic ring is 1. The molecule has 0 aliphatic heterocycles. The molecular weight excluding hydrogens is 571 g/mol. The number of hydrogen-bond acceptors (Lipinski definition) is 7. The maximum atomic E-state index is 14.2. The van der Waals surface area contributed by atoms with Gasteiger partial charge >= 0.3 is 12.1 Å². The summed E-state index contributed by atoms with van der Waals surface area (Å²) in [4.78, 5) is 18.5. The van der Waals surface area contributed by atoms with E-state index in [2.05, 4.69) is 14.3 Å². The fourth-order valence-corrected chi connectivity index (χ4v) is 4.78. The quantitative estimate of drug-likeness (QED) is 0.141. The molecule has 0 radical (unpaired) electrons. The summed E-state index contributed by atoms with van der Waals surface area (Å²) in [5, 5.41) is -0.186. The smallest absolute Gasteiger partial charge is 0.474 e. The molecule has 1 unspecified atom stereocenters. The van der Waals surface area contributed by atoms with Gasteiger partial charge in [-0.15, -0.1) is 0 Å². The van der Waals surface area contributed by atoms with Gasteiger partial charge in [0.25, 0.3) is 0 Å². The van der Waals surface area contributed by atoms with Crippen LogP contribution in [0.3, 0.4) is 0 Å². The van der Waals surface area contributed by atoms with Crippen molar-refractivity contribution in [3.63, 3.8) is 0 Å². The van der Waals surface area contributed by atoms with Crippen molar-refractivity contribution in [3.05, 3.63) is 65.1 Å². The number of benzene rings is 2. The Morgan fingerprint density at radius 3 is 2.49 bits per heavy atom. The van der Waals surface area contributed by atoms with Crippen LogP contribution in [0.5, 0.6) is 11.5 Å². The van der Waals surface area contributed by atoms with Crippen LogP contribution in [0.4, 0.5) is 27.6 Å². The predicted molar refractivity (Wildman–Crippen MR) is 135 cm³/mol. The highest BCUT2D eigenvalue weighted by Gasteiger charge is 2.39. The number of rotatable bonds is 10. The minimum atomic E-state index is -5.22. The standard InChI is InChI=1S/C24H22ClF5N4O4S/c1-39(36,34-22(35)24(28,29)30)13-14-8-16(31)11-17(9-14)37-6-2-3-7-38-20-10-15(26)4-5-18(20)21-19(27)12-32-23(25)33-21/h4-5,8-12H,2-3,6-7,13,31H2,1H3. The van der Waals surface area contributed by atoms with Crippen LogP contribution in [-0.4, -0.2) is 45.7 Å². The lowest BCUT2D eigenvalue weighted by atomic mass is 10.1. The number of alkyl halides is 3. The third-order valence-electron chi connectivity index (χ3n) is 4.92. The second kappa shape index (κ2) is 12.6. The van der Waals surface area contributed by atoms with Crippen LogP contribution in [-0.2, 0) is 20.3 Å². The minimum absolute atomic E-state index is 0.0580. The number of carbonyl (C=O) groups excluding carboxylic acids is 1. The highest BCUT2D eigenvalue weighted by molar-refractivity contribution is 7.92. The van der Waals surface area contributed by atoms with E-state index in [4.69, 9.17) is 26.8 Å². The molecule has 1 atom stereocenters. The van der Waals surface area contributed by atoms with Gasteiger partial charge in [0.15, 0.2) is 5.82 Å². The molecule has 210 valence electrons. The molecular formula is C24H22ClF5N4O4S. The number of amides is 1. The Bertz CT molecular complexity index is 1480. The SMILES string of the molecule is CS(=O)(Cc1cc(N)cc(OCCCCOc2cc(F)ccc2-c2nc(Cl)ncc2F)c1)=NC(=O)C(F)(F)F. The first-order valence-electron chi connectivity index (χ1n) is 11.2. The topological polar surface area (TPSA) is 117 Å². The second-order valence-corrected chi connectivity index (χ2v) is 11.0. The van der Waals surface area contributed by atoms with Crippen molar-refractivity contribution in [1.29, 1.82) is 0 Å². The Hall–Kier alpha value is -3.52. The summed E-state index contributed by atoms with van der Waals surface area (Å²) in [6.45, 7) is 0.298. The summed E-state index contributed by atoms with van der Waals surface area (Å²) >= 11 is 5.75. The number of hydrogen-bond donors (Lipinski definition) is 1. The van der Waals surface area contributed by atoms with Crippen LogP contribution in [0.15, 0.2) is 47.0 Å². The normalized spacial score (nSPS) is 13.0. The molecule has 0 spiro atoms. The third kappa shape index (κ3) is 9.03. The van der Waals surface area contributed by atoms with Crippen molar-refractivity contribution in [1.82, 2.24) is 9.97 Å². The molecule has 0 bridgehead atoms. The van der Waals surface area contributed by atoms with E-state index in [0.29, 0.717) is 12.8 Å². The fraction of sp³-hybridized carbons (Fsp3) is 0.292. The van der Waals surface area contributed by atoms with Gasteiger partial charge in [-0.1, -0.05) is 0 Å². The summed E-state index contributed by atoms with van der Waals surface area (Å²) in [6, 6.07) is 7.83. The monoisotopic (exact) mass is 592 g/mol. The Kier molecular flexibility index (Phi) is 9.67. The molecule has 8 nitrogen and oxygen atoms in total. The number of nitrogens with two attached hydrogens (primary N) is 1. The summed E-state index contributed by atoms with van der Waals surface area (Å²) in [7, 11) is -3.53. The van der Waals surface area contributed by atoms with Gasteiger partial charge in [0.1, 0.15) is 23.0 Å². The zero-order valence-electron chi connectivity index (χ0n) is 20.3. The number of anilines is 1. The number of nitrogens with zero attached hydrogens (tertiary/aromatic N) is 3. The molecule has 1 aromatic heterocycles. The highest BCUT2D eigenvalue weighted by Crippen LogP contribution is 2.32. The van der Waals surface area contributed by atoms with Gasteiger partial charge < -0.3 is 15.2 Å². The van der Waals surface area contributed by atoms with E-state index in [-0.39, 0.29) is 52.5 Å². The van der Waals surface area contributed by atoms with E-state index >= 15 is 0 Å². The molecule has 3 aromatic rings. The van der Waals surface area contributed by atoms with E-state index in [0.717, 1.165) is 24.6 Å². The number of halogens is 6. The molecule has 3 rings (SSSR count). The first kappa shape index (κ1) is 30.0. The predicted octanol–water partition coefficient (Wildman–Crippen LogP) is 5.58. The van der Waals surface area contributed by atoms with E-state index in [9.17, 15) is 31.0 Å². The van der Waals surface area contributed by atoms with Gasteiger partial charge in [-0.2, -0.15) is 17.5 Å². The molecule has 1 amide bonds. The van der Waals surface area contributed by atoms with Gasteiger partial charge in [0.2, 0.25) is 5.28 Å². The van der Waals surface area contributed by atoms with Crippen molar-refractivity contribution >= 4 is 32.9 Å². The second-order valence-electron chi connectivity index (χ2n) is 8.29. The highest BCUT2D eigenvalue weighted by atomic mass is 35.5. The lowest BCUT2D eigenvalue weighted by Crippen LogP contribution is -2.22. The Labute approximate surface area is 225 Å². The minimum Gasteiger partial charge on any atom is -0.494 e. The molecule has 0 aliphatic carbocycles. The average Bonchev–Trinajstić information content (AvgIpc) is 2.81. The molecule has 2 N–H and O–H groups in total. The van der Waals surface area contributed by atoms with Crippen LogP contribution in [0.1, 0.15) is 18.4 Å². The summed E-state index contributed by atoms with van der Waals surface area (Å²) in [5.74, 6) is -3.90. The van der Waals surface area contributed by atoms with Gasteiger partial charge in [0, 0.05) is 29.6 Å². The van der Waals surface area contributed by atoms with Crippen LogP contribution >= 0.6 is 11.6 Å². The number of carbonyl (C=O) groups is 1. The van der Waals surface area contributed by atoms with Crippen molar-refractivity contribution in [2.45, 2.75) is 24.8 Å². The summed E-state index contributed by atoms with van der Waals surface area (Å²) < 4.78 is 91.8. The summed E-state index contributed by atoms with van der Waals surface area (Å²) in [6.07, 6.45) is -2.48. The van der Waals surface area contributed by atoms with Gasteiger partial charge in [-0.3, -0.25) is 4.79 Å². The fourth-order valence-electron chi connectivity index (χ4n) is 3.34. The molecule has 15 heteroatoms. The van der Waals surface area contributed by atoms with Gasteiger partial charge in [-0.05, 0) is 54.3 Å². The molecule has 1 heterocycles. The lowest BCUT2D eigenvalue weighted by Gasteiger charge is -2.13. The van der Waals surface area contributed by atoms with E-state index in [1.165, 1.54) is 24.3 Å². The van der Waals surface area contributed by atoms with Crippen LogP contribution < -0.4 is 15.2 Å². The first-order valence-corrected chi connectivity index (χ1v) is 13.6. The molecule has 39 heavy (non-hydrogen) atoms. The molecule has 0 saturated carbocycles. The Morgan fingerprint density at radius 1 is 1.10 bits per heavy atom. The zero-order chi connectivity index (χ0) is 28.8. The van der Waals surface area contributed by atoms with Gasteiger partial charge in [0.05, 0.1) is 34.9 Å². The maximum absolute atomic E-state index is 14.2. The van der Waals surface area contributed by atoms with Crippen LogP contribution in [0.25, 0.3) is 11.3 Å².